The van der Waals surface area contributed by atoms with Crippen LogP contribution in [-0.4, -0.2) is 52.1 Å². The Morgan fingerprint density at radius 3 is 2.31 bits per heavy atom. The number of hydrogen-bond acceptors (Lipinski definition) is 6. The van der Waals surface area contributed by atoms with Crippen molar-refractivity contribution in [3.8, 4) is 22.5 Å². The van der Waals surface area contributed by atoms with Crippen molar-refractivity contribution in [3.63, 3.8) is 0 Å². The number of H-pyrrole nitrogens is 1. The zero-order valence-corrected chi connectivity index (χ0v) is 20.3. The van der Waals surface area contributed by atoms with Gasteiger partial charge >= 0.3 is 0 Å². The average molecular weight is 473 g/mol. The van der Waals surface area contributed by atoms with Crippen molar-refractivity contribution < 1.29 is 4.39 Å². The van der Waals surface area contributed by atoms with E-state index in [0.29, 0.717) is 34.3 Å². The molecule has 3 heterocycles. The molecule has 8 heteroatoms. The lowest BCUT2D eigenvalue weighted by Crippen LogP contribution is -2.55. The molecule has 3 N–H and O–H groups in total. The molecule has 4 aromatic rings. The first-order valence-electron chi connectivity index (χ1n) is 11.8. The van der Waals surface area contributed by atoms with Gasteiger partial charge in [0.1, 0.15) is 11.4 Å². The van der Waals surface area contributed by atoms with Gasteiger partial charge in [0.25, 0.3) is 5.56 Å². The van der Waals surface area contributed by atoms with Gasteiger partial charge in [-0.25, -0.2) is 4.98 Å². The molecule has 180 valence electrons. The fraction of sp³-hybridized carbons (Fsp3) is 0.296. The molecule has 2 aromatic carbocycles. The number of halogens is 1. The van der Waals surface area contributed by atoms with Crippen LogP contribution in [0.5, 0.6) is 0 Å². The van der Waals surface area contributed by atoms with E-state index in [9.17, 15) is 9.18 Å². The molecule has 0 bridgehead atoms. The Morgan fingerprint density at radius 1 is 0.971 bits per heavy atom. The van der Waals surface area contributed by atoms with Crippen LogP contribution in [0.15, 0.2) is 53.5 Å². The molecule has 2 aromatic heterocycles. The van der Waals surface area contributed by atoms with E-state index < -0.39 is 5.95 Å². The number of fused-ring (bicyclic) bond motifs is 1. The number of aromatic nitrogens is 3. The molecule has 0 radical (unpaired) electrons. The fourth-order valence-corrected chi connectivity index (χ4v) is 4.81. The number of aryl methyl sites for hydroxylation is 1. The number of nitrogens with zero attached hydrogens (tertiary/aromatic N) is 4. The molecule has 1 fully saturated rings. The van der Waals surface area contributed by atoms with E-state index in [0.717, 1.165) is 29.7 Å². The molecule has 35 heavy (non-hydrogen) atoms. The summed E-state index contributed by atoms with van der Waals surface area (Å²) in [5.41, 5.74) is 9.75. The molecular weight excluding hydrogens is 443 g/mol. The number of benzene rings is 2. The summed E-state index contributed by atoms with van der Waals surface area (Å²) in [4.78, 5) is 28.2. The van der Waals surface area contributed by atoms with Crippen LogP contribution < -0.4 is 16.2 Å². The third kappa shape index (κ3) is 4.14. The quantitative estimate of drug-likeness (QED) is 0.464. The fourth-order valence-electron chi connectivity index (χ4n) is 4.81. The first-order chi connectivity index (χ1) is 16.7. The summed E-state index contributed by atoms with van der Waals surface area (Å²) in [6.07, 6.45) is 1.67. The molecule has 5 rings (SSSR count). The van der Waals surface area contributed by atoms with Gasteiger partial charge in [-0.05, 0) is 63.0 Å². The second kappa shape index (κ2) is 8.78. The zero-order chi connectivity index (χ0) is 24.9. The molecule has 2 atom stereocenters. The van der Waals surface area contributed by atoms with E-state index >= 15 is 0 Å². The SMILES string of the molecule is Cc1c[nH]c(=O)c2ccc(-c3nc(-c4ccc(N5C[C@@H](C)N(C)[C@@H](C)C5)cc4)c(F)nc3N)cc12. The minimum Gasteiger partial charge on any atom is -0.382 e. The molecule has 0 spiro atoms. The first-order valence-corrected chi connectivity index (χ1v) is 11.8. The van der Waals surface area contributed by atoms with Crippen LogP contribution in [-0.2, 0) is 0 Å². The lowest BCUT2D eigenvalue weighted by molar-refractivity contribution is 0.170. The van der Waals surface area contributed by atoms with Crippen LogP contribution in [0.4, 0.5) is 15.9 Å². The highest BCUT2D eigenvalue weighted by molar-refractivity contribution is 5.90. The summed E-state index contributed by atoms with van der Waals surface area (Å²) in [7, 11) is 2.16. The smallest absolute Gasteiger partial charge is 0.255 e. The Hall–Kier alpha value is -3.78. The topological polar surface area (TPSA) is 91.1 Å². The van der Waals surface area contributed by atoms with Crippen LogP contribution in [0.25, 0.3) is 33.3 Å². The number of piperazine rings is 1. The Bertz CT molecular complexity index is 1450. The number of nitrogen functional groups attached to an aromatic ring is 1. The van der Waals surface area contributed by atoms with Crippen molar-refractivity contribution >= 4 is 22.3 Å². The summed E-state index contributed by atoms with van der Waals surface area (Å²) in [5.74, 6) is -0.709. The highest BCUT2D eigenvalue weighted by Crippen LogP contribution is 2.31. The predicted octanol–water partition coefficient (Wildman–Crippen LogP) is 4.21. The van der Waals surface area contributed by atoms with Crippen LogP contribution in [0.3, 0.4) is 0 Å². The number of rotatable bonds is 3. The maximum absolute atomic E-state index is 14.9. The van der Waals surface area contributed by atoms with E-state index in [-0.39, 0.29) is 17.1 Å². The summed E-state index contributed by atoms with van der Waals surface area (Å²) < 4.78 is 14.9. The summed E-state index contributed by atoms with van der Waals surface area (Å²) in [5, 5.41) is 1.36. The lowest BCUT2D eigenvalue weighted by atomic mass is 10.0. The molecule has 0 saturated carbocycles. The number of nitrogens with one attached hydrogen (secondary N) is 1. The third-order valence-electron chi connectivity index (χ3n) is 7.13. The molecular formula is C27H29FN6O. The van der Waals surface area contributed by atoms with Crippen LogP contribution >= 0.6 is 0 Å². The Kier molecular flexibility index (Phi) is 5.76. The molecule has 7 nitrogen and oxygen atoms in total. The maximum Gasteiger partial charge on any atom is 0.255 e. The minimum atomic E-state index is -0.714. The normalized spacial score (nSPS) is 18.8. The van der Waals surface area contributed by atoms with Crippen molar-refractivity contribution in [2.24, 2.45) is 0 Å². The van der Waals surface area contributed by atoms with Crippen molar-refractivity contribution in [2.75, 3.05) is 30.8 Å². The van der Waals surface area contributed by atoms with Gasteiger partial charge in [-0.2, -0.15) is 9.37 Å². The number of hydrogen-bond donors (Lipinski definition) is 2. The molecule has 1 aliphatic rings. The zero-order valence-electron chi connectivity index (χ0n) is 20.3. The van der Waals surface area contributed by atoms with Crippen molar-refractivity contribution in [3.05, 3.63) is 70.5 Å². The largest absolute Gasteiger partial charge is 0.382 e. The van der Waals surface area contributed by atoms with Gasteiger partial charge in [-0.15, -0.1) is 0 Å². The Labute approximate surface area is 203 Å². The Balaban J connectivity index is 1.51. The van der Waals surface area contributed by atoms with Gasteiger partial charge in [-0.1, -0.05) is 18.2 Å². The number of anilines is 2. The van der Waals surface area contributed by atoms with Crippen LogP contribution in [0.2, 0.25) is 0 Å². The van der Waals surface area contributed by atoms with Crippen LogP contribution in [0, 0.1) is 12.9 Å². The van der Waals surface area contributed by atoms with E-state index in [2.05, 4.69) is 45.6 Å². The number of nitrogens with two attached hydrogens (primary N) is 1. The van der Waals surface area contributed by atoms with Gasteiger partial charge in [0.2, 0.25) is 5.95 Å². The second-order valence-electron chi connectivity index (χ2n) is 9.47. The van der Waals surface area contributed by atoms with Gasteiger partial charge in [0.05, 0.1) is 0 Å². The van der Waals surface area contributed by atoms with Gasteiger partial charge in [-0.3, -0.25) is 9.69 Å². The average Bonchev–Trinajstić information content (AvgIpc) is 2.84. The first kappa shape index (κ1) is 23.0. The Morgan fingerprint density at radius 2 is 1.63 bits per heavy atom. The molecule has 1 aliphatic heterocycles. The lowest BCUT2D eigenvalue weighted by Gasteiger charge is -2.43. The van der Waals surface area contributed by atoms with Gasteiger partial charge in [0, 0.05) is 53.6 Å². The van der Waals surface area contributed by atoms with E-state index in [1.54, 1.807) is 18.3 Å². The van der Waals surface area contributed by atoms with Gasteiger partial charge in [0.15, 0.2) is 5.82 Å². The van der Waals surface area contributed by atoms with E-state index in [1.165, 1.54) is 0 Å². The monoisotopic (exact) mass is 472 g/mol. The second-order valence-corrected chi connectivity index (χ2v) is 9.47. The third-order valence-corrected chi connectivity index (χ3v) is 7.13. The highest BCUT2D eigenvalue weighted by Gasteiger charge is 2.26. The number of pyridine rings is 1. The van der Waals surface area contributed by atoms with E-state index in [1.807, 2.05) is 37.3 Å². The molecule has 1 saturated heterocycles. The molecule has 0 aliphatic carbocycles. The van der Waals surface area contributed by atoms with E-state index in [4.69, 9.17) is 5.73 Å². The minimum absolute atomic E-state index is 0.00475. The van der Waals surface area contributed by atoms with Crippen molar-refractivity contribution in [1.82, 2.24) is 19.9 Å². The summed E-state index contributed by atoms with van der Waals surface area (Å²) >= 11 is 0. The standard InChI is InChI=1S/C27H29FN6O/c1-15-12-30-27(35)21-10-7-19(11-22(15)21)24-26(29)32-25(28)23(31-24)18-5-8-20(9-6-18)34-13-16(2)33(4)17(3)14-34/h5-12,16-17H,13-14H2,1-4H3,(H2,29,32)(H,30,35)/t16-,17+. The maximum atomic E-state index is 14.9. The highest BCUT2D eigenvalue weighted by atomic mass is 19.1. The molecule has 0 amide bonds. The van der Waals surface area contributed by atoms with Crippen molar-refractivity contribution in [2.45, 2.75) is 32.9 Å². The summed E-state index contributed by atoms with van der Waals surface area (Å²) in [6, 6.07) is 14.0. The predicted molar refractivity (Wildman–Crippen MR) is 139 cm³/mol. The number of aromatic amines is 1. The van der Waals surface area contributed by atoms with Crippen LogP contribution in [0.1, 0.15) is 19.4 Å². The van der Waals surface area contributed by atoms with Crippen molar-refractivity contribution in [1.29, 1.82) is 0 Å². The molecule has 0 unspecified atom stereocenters. The summed E-state index contributed by atoms with van der Waals surface area (Å²) in [6.45, 7) is 8.23. The number of likely N-dealkylation sites (N-methyl/N-ethyl adjacent to an activating group) is 1. The van der Waals surface area contributed by atoms with Gasteiger partial charge < -0.3 is 15.6 Å².